The summed E-state index contributed by atoms with van der Waals surface area (Å²) in [7, 11) is 0. The molecule has 6 heteroatoms. The van der Waals surface area contributed by atoms with E-state index in [1.165, 1.54) is 10.6 Å². The number of aromatic nitrogens is 2. The molecule has 0 spiro atoms. The standard InChI is InChI=1S/C18H18FN3O2/c1-3-21-15-6-4-5-7-16(15)22(18(21)24)11-17(23)20-14-10-12(2)8-9-13(14)19/h4-10H,3,11H2,1-2H3,(H,20,23). The second-order valence-electron chi connectivity index (χ2n) is 5.63. The number of amides is 1. The summed E-state index contributed by atoms with van der Waals surface area (Å²) in [6.45, 7) is 4.04. The summed E-state index contributed by atoms with van der Waals surface area (Å²) in [5.74, 6) is -0.946. The van der Waals surface area contributed by atoms with Crippen molar-refractivity contribution in [2.45, 2.75) is 26.9 Å². The normalized spacial score (nSPS) is 11.0. The Morgan fingerprint density at radius 1 is 1.12 bits per heavy atom. The number of nitrogens with zero attached hydrogens (tertiary/aromatic N) is 2. The van der Waals surface area contributed by atoms with Gasteiger partial charge in [-0.25, -0.2) is 9.18 Å². The predicted molar refractivity (Wildman–Crippen MR) is 91.6 cm³/mol. The van der Waals surface area contributed by atoms with Gasteiger partial charge in [-0.3, -0.25) is 13.9 Å². The molecule has 3 aromatic rings. The van der Waals surface area contributed by atoms with E-state index in [0.717, 1.165) is 11.1 Å². The summed E-state index contributed by atoms with van der Waals surface area (Å²) >= 11 is 0. The Morgan fingerprint density at radius 3 is 2.46 bits per heavy atom. The molecule has 2 aromatic carbocycles. The Morgan fingerprint density at radius 2 is 1.79 bits per heavy atom. The highest BCUT2D eigenvalue weighted by atomic mass is 19.1. The molecule has 0 saturated heterocycles. The van der Waals surface area contributed by atoms with Crippen molar-refractivity contribution in [1.82, 2.24) is 9.13 Å². The summed E-state index contributed by atoms with van der Waals surface area (Å²) in [5.41, 5.74) is 2.17. The number of imidazole rings is 1. The fourth-order valence-electron chi connectivity index (χ4n) is 2.80. The first kappa shape index (κ1) is 16.0. The van der Waals surface area contributed by atoms with Crippen LogP contribution in [0.15, 0.2) is 47.3 Å². The molecule has 24 heavy (non-hydrogen) atoms. The SMILES string of the molecule is CCn1c(=O)n(CC(=O)Nc2cc(C)ccc2F)c2ccccc21. The molecule has 0 saturated carbocycles. The van der Waals surface area contributed by atoms with E-state index in [4.69, 9.17) is 0 Å². The zero-order chi connectivity index (χ0) is 17.3. The lowest BCUT2D eigenvalue weighted by molar-refractivity contribution is -0.116. The van der Waals surface area contributed by atoms with Crippen LogP contribution in [0.3, 0.4) is 0 Å². The first-order chi connectivity index (χ1) is 11.5. The molecule has 5 nitrogen and oxygen atoms in total. The van der Waals surface area contributed by atoms with E-state index in [1.807, 2.05) is 32.0 Å². The molecule has 1 N–H and O–H groups in total. The van der Waals surface area contributed by atoms with E-state index in [1.54, 1.807) is 22.8 Å². The summed E-state index contributed by atoms with van der Waals surface area (Å²) < 4.78 is 16.8. The Kier molecular flexibility index (Phi) is 4.20. The van der Waals surface area contributed by atoms with Crippen molar-refractivity contribution in [3.8, 4) is 0 Å². The highest BCUT2D eigenvalue weighted by molar-refractivity contribution is 5.91. The van der Waals surface area contributed by atoms with E-state index in [-0.39, 0.29) is 17.9 Å². The molecule has 0 aliphatic rings. The van der Waals surface area contributed by atoms with Crippen molar-refractivity contribution in [3.63, 3.8) is 0 Å². The molecule has 0 aliphatic heterocycles. The van der Waals surface area contributed by atoms with Gasteiger partial charge >= 0.3 is 5.69 Å². The third-order valence-electron chi connectivity index (χ3n) is 3.94. The monoisotopic (exact) mass is 327 g/mol. The number of hydrogen-bond acceptors (Lipinski definition) is 2. The van der Waals surface area contributed by atoms with E-state index in [0.29, 0.717) is 12.1 Å². The molecule has 1 heterocycles. The molecule has 0 radical (unpaired) electrons. The number of carbonyl (C=O) groups is 1. The number of benzene rings is 2. The van der Waals surface area contributed by atoms with Crippen LogP contribution in [-0.2, 0) is 17.9 Å². The van der Waals surface area contributed by atoms with Crippen LogP contribution in [0.4, 0.5) is 10.1 Å². The van der Waals surface area contributed by atoms with Crippen LogP contribution in [0, 0.1) is 12.7 Å². The van der Waals surface area contributed by atoms with Crippen LogP contribution >= 0.6 is 0 Å². The van der Waals surface area contributed by atoms with Crippen LogP contribution < -0.4 is 11.0 Å². The molecule has 1 amide bonds. The first-order valence-corrected chi connectivity index (χ1v) is 7.75. The van der Waals surface area contributed by atoms with Crippen molar-refractivity contribution in [2.24, 2.45) is 0 Å². The number of carbonyl (C=O) groups excluding carboxylic acids is 1. The minimum atomic E-state index is -0.503. The minimum absolute atomic E-state index is 0.118. The summed E-state index contributed by atoms with van der Waals surface area (Å²) in [6.07, 6.45) is 0. The van der Waals surface area contributed by atoms with Gasteiger partial charge in [-0.15, -0.1) is 0 Å². The lowest BCUT2D eigenvalue weighted by Crippen LogP contribution is -2.29. The van der Waals surface area contributed by atoms with Gasteiger partial charge in [0.05, 0.1) is 16.7 Å². The maximum Gasteiger partial charge on any atom is 0.329 e. The molecule has 0 aliphatic carbocycles. The Hall–Kier alpha value is -2.89. The van der Waals surface area contributed by atoms with Gasteiger partial charge in [-0.1, -0.05) is 18.2 Å². The highest BCUT2D eigenvalue weighted by Gasteiger charge is 2.15. The van der Waals surface area contributed by atoms with Gasteiger partial charge < -0.3 is 5.32 Å². The van der Waals surface area contributed by atoms with Gasteiger partial charge in [-0.05, 0) is 43.7 Å². The van der Waals surface area contributed by atoms with Crippen molar-refractivity contribution < 1.29 is 9.18 Å². The van der Waals surface area contributed by atoms with Crippen LogP contribution in [0.25, 0.3) is 11.0 Å². The Bertz CT molecular complexity index is 972. The number of halogens is 1. The largest absolute Gasteiger partial charge is 0.329 e. The summed E-state index contributed by atoms with van der Waals surface area (Å²) in [4.78, 5) is 24.8. The maximum absolute atomic E-state index is 13.8. The van der Waals surface area contributed by atoms with Gasteiger partial charge in [0.25, 0.3) is 0 Å². The van der Waals surface area contributed by atoms with Gasteiger partial charge in [0.15, 0.2) is 0 Å². The predicted octanol–water partition coefficient (Wildman–Crippen LogP) is 2.91. The van der Waals surface area contributed by atoms with Gasteiger partial charge in [0.1, 0.15) is 12.4 Å². The average Bonchev–Trinajstić information content (AvgIpc) is 2.83. The number of aryl methyl sites for hydroxylation is 2. The molecule has 0 bridgehead atoms. The maximum atomic E-state index is 13.8. The Labute approximate surface area is 138 Å². The number of anilines is 1. The van der Waals surface area contributed by atoms with E-state index in [9.17, 15) is 14.0 Å². The number of hydrogen-bond donors (Lipinski definition) is 1. The van der Waals surface area contributed by atoms with E-state index < -0.39 is 11.7 Å². The third-order valence-corrected chi connectivity index (χ3v) is 3.94. The molecule has 0 fully saturated rings. The molecule has 124 valence electrons. The molecule has 3 rings (SSSR count). The van der Waals surface area contributed by atoms with Crippen molar-refractivity contribution in [2.75, 3.05) is 5.32 Å². The number of fused-ring (bicyclic) bond motifs is 1. The second-order valence-corrected chi connectivity index (χ2v) is 5.63. The topological polar surface area (TPSA) is 56.0 Å². The number of para-hydroxylation sites is 2. The van der Waals surface area contributed by atoms with Crippen molar-refractivity contribution in [3.05, 3.63) is 64.3 Å². The van der Waals surface area contributed by atoms with E-state index in [2.05, 4.69) is 5.32 Å². The van der Waals surface area contributed by atoms with Crippen LogP contribution in [0.2, 0.25) is 0 Å². The summed E-state index contributed by atoms with van der Waals surface area (Å²) in [6, 6.07) is 11.8. The molecule has 0 atom stereocenters. The summed E-state index contributed by atoms with van der Waals surface area (Å²) in [5, 5.41) is 2.54. The highest BCUT2D eigenvalue weighted by Crippen LogP contribution is 2.16. The van der Waals surface area contributed by atoms with Gasteiger partial charge in [0, 0.05) is 6.54 Å². The third kappa shape index (κ3) is 2.82. The lowest BCUT2D eigenvalue weighted by atomic mass is 10.2. The molecule has 0 unspecified atom stereocenters. The fraction of sp³-hybridized carbons (Fsp3) is 0.222. The zero-order valence-corrected chi connectivity index (χ0v) is 13.5. The van der Waals surface area contributed by atoms with E-state index >= 15 is 0 Å². The fourth-order valence-corrected chi connectivity index (χ4v) is 2.80. The smallest absolute Gasteiger partial charge is 0.322 e. The number of rotatable bonds is 4. The Balaban J connectivity index is 1.93. The van der Waals surface area contributed by atoms with Crippen molar-refractivity contribution in [1.29, 1.82) is 0 Å². The minimum Gasteiger partial charge on any atom is -0.322 e. The number of nitrogens with one attached hydrogen (secondary N) is 1. The molecular formula is C18H18FN3O2. The second kappa shape index (κ2) is 6.31. The lowest BCUT2D eigenvalue weighted by Gasteiger charge is -2.08. The van der Waals surface area contributed by atoms with Crippen LogP contribution in [0.1, 0.15) is 12.5 Å². The molecular weight excluding hydrogens is 309 g/mol. The van der Waals surface area contributed by atoms with Gasteiger partial charge in [-0.2, -0.15) is 0 Å². The zero-order valence-electron chi connectivity index (χ0n) is 13.5. The quantitative estimate of drug-likeness (QED) is 0.801. The van der Waals surface area contributed by atoms with Crippen LogP contribution in [0.5, 0.6) is 0 Å². The van der Waals surface area contributed by atoms with Crippen molar-refractivity contribution >= 4 is 22.6 Å². The average molecular weight is 327 g/mol. The van der Waals surface area contributed by atoms with Gasteiger partial charge in [0.2, 0.25) is 5.91 Å². The first-order valence-electron chi connectivity index (χ1n) is 7.75. The van der Waals surface area contributed by atoms with Crippen LogP contribution in [-0.4, -0.2) is 15.0 Å². The molecule has 1 aromatic heterocycles.